The van der Waals surface area contributed by atoms with Crippen molar-refractivity contribution in [3.63, 3.8) is 0 Å². The number of amides is 3. The molecule has 13 heavy (non-hydrogen) atoms. The summed E-state index contributed by atoms with van der Waals surface area (Å²) in [5, 5.41) is 12.6. The van der Waals surface area contributed by atoms with Crippen molar-refractivity contribution in [3.8, 4) is 0 Å². The molecule has 1 aliphatic rings. The molecule has 0 radical (unpaired) electrons. The second kappa shape index (κ2) is 3.04. The average molecular weight is 186 g/mol. The van der Waals surface area contributed by atoms with Gasteiger partial charge in [0.25, 0.3) is 5.91 Å². The second-order valence-corrected chi connectivity index (χ2v) is 3.14. The van der Waals surface area contributed by atoms with Crippen molar-refractivity contribution in [2.24, 2.45) is 0 Å². The van der Waals surface area contributed by atoms with Crippen LogP contribution in [0.5, 0.6) is 0 Å². The van der Waals surface area contributed by atoms with Gasteiger partial charge < -0.3 is 10.4 Å². The van der Waals surface area contributed by atoms with Crippen LogP contribution in [0.15, 0.2) is 0 Å². The Morgan fingerprint density at radius 1 is 1.62 bits per heavy atom. The molecule has 3 N–H and O–H groups in total. The Bertz CT molecular complexity index is 276. The van der Waals surface area contributed by atoms with Crippen molar-refractivity contribution < 1.29 is 19.5 Å². The van der Waals surface area contributed by atoms with Crippen LogP contribution in [0, 0.1) is 0 Å². The Morgan fingerprint density at radius 3 is 2.69 bits per heavy atom. The molecule has 72 valence electrons. The molecule has 0 aromatic rings. The van der Waals surface area contributed by atoms with E-state index < -0.39 is 17.5 Å². The standard InChI is InChI=1S/C7H10N2O4/c1-7(9-6(12)13)3-2-4(10)8-5(7)11/h9H,2-3H2,1H3,(H,12,13)(H,8,10,11). The summed E-state index contributed by atoms with van der Waals surface area (Å²) in [5.74, 6) is -0.958. The average Bonchev–Trinajstić information content (AvgIpc) is 1.97. The van der Waals surface area contributed by atoms with Gasteiger partial charge >= 0.3 is 6.09 Å². The Kier molecular flexibility index (Phi) is 2.22. The van der Waals surface area contributed by atoms with E-state index in [9.17, 15) is 14.4 Å². The SMILES string of the molecule is CC1(NC(=O)O)CCC(=O)NC1=O. The van der Waals surface area contributed by atoms with E-state index in [1.165, 1.54) is 6.92 Å². The van der Waals surface area contributed by atoms with Crippen LogP contribution in [-0.4, -0.2) is 28.6 Å². The van der Waals surface area contributed by atoms with Gasteiger partial charge in [-0.25, -0.2) is 4.79 Å². The highest BCUT2D eigenvalue weighted by Gasteiger charge is 2.39. The maximum Gasteiger partial charge on any atom is 0.405 e. The highest BCUT2D eigenvalue weighted by atomic mass is 16.4. The summed E-state index contributed by atoms with van der Waals surface area (Å²) < 4.78 is 0. The molecule has 1 aliphatic heterocycles. The summed E-state index contributed by atoms with van der Waals surface area (Å²) in [6.45, 7) is 1.45. The minimum atomic E-state index is -1.27. The maximum absolute atomic E-state index is 11.2. The second-order valence-electron chi connectivity index (χ2n) is 3.14. The number of carboxylic acid groups (broad SMARTS) is 1. The molecule has 1 fully saturated rings. The van der Waals surface area contributed by atoms with Crippen LogP contribution in [0.4, 0.5) is 4.79 Å². The van der Waals surface area contributed by atoms with E-state index >= 15 is 0 Å². The van der Waals surface area contributed by atoms with Crippen LogP contribution >= 0.6 is 0 Å². The normalized spacial score (nSPS) is 28.1. The summed E-state index contributed by atoms with van der Waals surface area (Å²) in [5.41, 5.74) is -1.18. The fourth-order valence-electron chi connectivity index (χ4n) is 1.16. The zero-order valence-electron chi connectivity index (χ0n) is 7.09. The van der Waals surface area contributed by atoms with Gasteiger partial charge in [0.15, 0.2) is 0 Å². The van der Waals surface area contributed by atoms with Gasteiger partial charge in [-0.15, -0.1) is 0 Å². The summed E-state index contributed by atoms with van der Waals surface area (Å²) in [7, 11) is 0. The molecule has 6 nitrogen and oxygen atoms in total. The van der Waals surface area contributed by atoms with Crippen LogP contribution in [0.3, 0.4) is 0 Å². The highest BCUT2D eigenvalue weighted by molar-refractivity contribution is 6.03. The Hall–Kier alpha value is -1.59. The monoisotopic (exact) mass is 186 g/mol. The van der Waals surface area contributed by atoms with Gasteiger partial charge in [-0.05, 0) is 13.3 Å². The molecule has 0 aliphatic carbocycles. The molecule has 1 heterocycles. The van der Waals surface area contributed by atoms with Crippen LogP contribution in [0.2, 0.25) is 0 Å². The minimum Gasteiger partial charge on any atom is -0.465 e. The smallest absolute Gasteiger partial charge is 0.405 e. The van der Waals surface area contributed by atoms with Crippen molar-refractivity contribution in [2.45, 2.75) is 25.3 Å². The minimum absolute atomic E-state index is 0.155. The first kappa shape index (κ1) is 9.50. The van der Waals surface area contributed by atoms with Gasteiger partial charge in [0.2, 0.25) is 5.91 Å². The molecular weight excluding hydrogens is 176 g/mol. The summed E-state index contributed by atoms with van der Waals surface area (Å²) in [4.78, 5) is 32.3. The molecule has 0 spiro atoms. The molecule has 1 unspecified atom stereocenters. The van der Waals surface area contributed by atoms with E-state index in [0.29, 0.717) is 0 Å². The predicted octanol–water partition coefficient (Wildman–Crippen LogP) is -0.551. The van der Waals surface area contributed by atoms with Gasteiger partial charge in [0.05, 0.1) is 0 Å². The summed E-state index contributed by atoms with van der Waals surface area (Å²) >= 11 is 0. The third-order valence-electron chi connectivity index (χ3n) is 1.99. The van der Waals surface area contributed by atoms with Crippen molar-refractivity contribution in [1.82, 2.24) is 10.6 Å². The molecular formula is C7H10N2O4. The van der Waals surface area contributed by atoms with Crippen LogP contribution in [0.25, 0.3) is 0 Å². The lowest BCUT2D eigenvalue weighted by Gasteiger charge is -2.31. The number of carbonyl (C=O) groups is 3. The molecule has 0 aromatic heterocycles. The molecule has 1 saturated heterocycles. The molecule has 0 bridgehead atoms. The first-order valence-electron chi connectivity index (χ1n) is 3.79. The number of hydrogen-bond donors (Lipinski definition) is 3. The number of imide groups is 1. The Labute approximate surface area is 74.3 Å². The van der Waals surface area contributed by atoms with Gasteiger partial charge in [-0.2, -0.15) is 0 Å². The molecule has 3 amide bonds. The Morgan fingerprint density at radius 2 is 2.23 bits per heavy atom. The van der Waals surface area contributed by atoms with E-state index in [-0.39, 0.29) is 18.7 Å². The first-order valence-corrected chi connectivity index (χ1v) is 3.79. The van der Waals surface area contributed by atoms with Gasteiger partial charge in [0, 0.05) is 6.42 Å². The van der Waals surface area contributed by atoms with Gasteiger partial charge in [0.1, 0.15) is 5.54 Å². The molecule has 0 saturated carbocycles. The van der Waals surface area contributed by atoms with Crippen molar-refractivity contribution in [3.05, 3.63) is 0 Å². The van der Waals surface area contributed by atoms with E-state index in [0.717, 1.165) is 0 Å². The maximum atomic E-state index is 11.2. The first-order chi connectivity index (χ1) is 5.94. The van der Waals surface area contributed by atoms with Gasteiger partial charge in [-0.1, -0.05) is 0 Å². The number of rotatable bonds is 1. The zero-order valence-corrected chi connectivity index (χ0v) is 7.09. The van der Waals surface area contributed by atoms with Crippen LogP contribution in [0.1, 0.15) is 19.8 Å². The summed E-state index contributed by atoms with van der Waals surface area (Å²) in [6, 6.07) is 0. The van der Waals surface area contributed by atoms with E-state index in [1.54, 1.807) is 0 Å². The lowest BCUT2D eigenvalue weighted by Crippen LogP contribution is -2.60. The molecule has 1 atom stereocenters. The molecule has 1 rings (SSSR count). The Balaban J connectivity index is 2.73. The van der Waals surface area contributed by atoms with Crippen LogP contribution < -0.4 is 10.6 Å². The quantitative estimate of drug-likeness (QED) is 0.479. The number of piperidine rings is 1. The van der Waals surface area contributed by atoms with Crippen molar-refractivity contribution in [1.29, 1.82) is 0 Å². The van der Waals surface area contributed by atoms with E-state index in [4.69, 9.17) is 5.11 Å². The van der Waals surface area contributed by atoms with Crippen molar-refractivity contribution in [2.75, 3.05) is 0 Å². The number of carbonyl (C=O) groups excluding carboxylic acids is 2. The number of hydrogen-bond acceptors (Lipinski definition) is 3. The van der Waals surface area contributed by atoms with Crippen molar-refractivity contribution >= 4 is 17.9 Å². The third kappa shape index (κ3) is 1.95. The lowest BCUT2D eigenvalue weighted by atomic mass is 9.91. The highest BCUT2D eigenvalue weighted by Crippen LogP contribution is 2.16. The number of nitrogens with one attached hydrogen (secondary N) is 2. The fourth-order valence-corrected chi connectivity index (χ4v) is 1.16. The van der Waals surface area contributed by atoms with Crippen LogP contribution in [-0.2, 0) is 9.59 Å². The van der Waals surface area contributed by atoms with E-state index in [1.807, 2.05) is 0 Å². The van der Waals surface area contributed by atoms with Gasteiger partial charge in [-0.3, -0.25) is 14.9 Å². The predicted molar refractivity (Wildman–Crippen MR) is 41.9 cm³/mol. The van der Waals surface area contributed by atoms with E-state index in [2.05, 4.69) is 10.6 Å². The fraction of sp³-hybridized carbons (Fsp3) is 0.571. The summed E-state index contributed by atoms with van der Waals surface area (Å²) in [6.07, 6.45) is -0.918. The molecule has 6 heteroatoms. The topological polar surface area (TPSA) is 95.5 Å². The third-order valence-corrected chi connectivity index (χ3v) is 1.99. The lowest BCUT2D eigenvalue weighted by molar-refractivity contribution is -0.138. The molecule has 0 aromatic carbocycles. The largest absolute Gasteiger partial charge is 0.465 e. The zero-order chi connectivity index (χ0) is 10.1.